The minimum Gasteiger partial charge on any atom is -0.340 e. The summed E-state index contributed by atoms with van der Waals surface area (Å²) in [4.78, 5) is 52.4. The number of imide groups is 2. The lowest BCUT2D eigenvalue weighted by molar-refractivity contribution is -0.145. The molecule has 0 atom stereocenters. The Balaban J connectivity index is 1.65. The van der Waals surface area contributed by atoms with Crippen LogP contribution < -0.4 is 0 Å². The van der Waals surface area contributed by atoms with Crippen LogP contribution in [-0.2, 0) is 27.5 Å². The van der Waals surface area contributed by atoms with Crippen LogP contribution in [-0.4, -0.2) is 52.0 Å². The number of hydrogen-bond donors (Lipinski definition) is 0. The lowest BCUT2D eigenvalue weighted by atomic mass is 10.1. The summed E-state index contributed by atoms with van der Waals surface area (Å²) in [5.41, 5.74) is 2.77. The normalized spacial score (nSPS) is 14.0. The first kappa shape index (κ1) is 19.3. The minimum absolute atomic E-state index is 0.00581. The van der Waals surface area contributed by atoms with E-state index in [2.05, 4.69) is 0 Å². The smallest absolute Gasteiger partial charge is 0.335 e. The number of nitrogens with zero attached hydrogens (tertiary/aromatic N) is 3. The third-order valence-electron chi connectivity index (χ3n) is 4.58. The molecule has 0 unspecified atom stereocenters. The van der Waals surface area contributed by atoms with Gasteiger partial charge in [0.05, 0.1) is 6.54 Å². The van der Waals surface area contributed by atoms with Gasteiger partial charge in [0.2, 0.25) is 5.91 Å². The molecule has 0 saturated carbocycles. The number of amides is 5. The second-order valence-electron chi connectivity index (χ2n) is 6.79. The van der Waals surface area contributed by atoms with Gasteiger partial charge in [-0.15, -0.1) is 0 Å². The summed E-state index contributed by atoms with van der Waals surface area (Å²) in [6.45, 7) is 1.85. The summed E-state index contributed by atoms with van der Waals surface area (Å²) in [6.07, 6.45) is 0. The molecule has 0 bridgehead atoms. The van der Waals surface area contributed by atoms with E-state index in [-0.39, 0.29) is 6.54 Å². The molecule has 0 N–H and O–H groups in total. The maximum Gasteiger partial charge on any atom is 0.335 e. The van der Waals surface area contributed by atoms with E-state index in [0.29, 0.717) is 11.4 Å². The molecular formula is C21H21N3O4. The summed E-state index contributed by atoms with van der Waals surface area (Å²) in [5, 5.41) is 0. The number of aryl methyl sites for hydroxylation is 1. The molecule has 0 aromatic heterocycles. The van der Waals surface area contributed by atoms with Crippen LogP contribution in [0.2, 0.25) is 0 Å². The molecule has 28 heavy (non-hydrogen) atoms. The highest BCUT2D eigenvalue weighted by Gasteiger charge is 2.45. The molecule has 2 aromatic rings. The summed E-state index contributed by atoms with van der Waals surface area (Å²) < 4.78 is 0. The van der Waals surface area contributed by atoms with E-state index in [1.807, 2.05) is 37.3 Å². The van der Waals surface area contributed by atoms with Crippen molar-refractivity contribution < 1.29 is 19.2 Å². The highest BCUT2D eigenvalue weighted by Crippen LogP contribution is 2.16. The van der Waals surface area contributed by atoms with Gasteiger partial charge in [-0.2, -0.15) is 0 Å². The summed E-state index contributed by atoms with van der Waals surface area (Å²) in [5.74, 6) is -2.31. The molecule has 1 fully saturated rings. The van der Waals surface area contributed by atoms with E-state index in [4.69, 9.17) is 0 Å². The van der Waals surface area contributed by atoms with Crippen LogP contribution in [0.4, 0.5) is 4.79 Å². The third-order valence-corrected chi connectivity index (χ3v) is 4.58. The van der Waals surface area contributed by atoms with Crippen molar-refractivity contribution in [2.24, 2.45) is 0 Å². The van der Waals surface area contributed by atoms with E-state index in [9.17, 15) is 19.2 Å². The zero-order valence-electron chi connectivity index (χ0n) is 15.8. The van der Waals surface area contributed by atoms with Crippen molar-refractivity contribution in [1.29, 1.82) is 0 Å². The van der Waals surface area contributed by atoms with Gasteiger partial charge in [-0.05, 0) is 18.1 Å². The molecule has 1 aliphatic heterocycles. The zero-order chi connectivity index (χ0) is 20.3. The minimum atomic E-state index is -0.974. The van der Waals surface area contributed by atoms with Crippen molar-refractivity contribution in [3.8, 4) is 0 Å². The number of rotatable bonds is 6. The molecule has 2 aromatic carbocycles. The Kier molecular flexibility index (Phi) is 5.54. The van der Waals surface area contributed by atoms with Gasteiger partial charge < -0.3 is 4.90 Å². The molecule has 144 valence electrons. The summed E-state index contributed by atoms with van der Waals surface area (Å²) >= 11 is 0. The second-order valence-corrected chi connectivity index (χ2v) is 6.79. The molecule has 0 spiro atoms. The van der Waals surface area contributed by atoms with Crippen molar-refractivity contribution in [2.45, 2.75) is 20.0 Å². The Hall–Kier alpha value is -3.48. The van der Waals surface area contributed by atoms with Gasteiger partial charge >= 0.3 is 17.8 Å². The van der Waals surface area contributed by atoms with Crippen LogP contribution in [0.25, 0.3) is 0 Å². The standard InChI is InChI=1S/C21H21N3O4/c1-15-8-10-17(11-9-15)12-22(2)18(25)14-24-20(27)19(26)23(21(24)28)13-16-6-4-3-5-7-16/h3-11H,12-14H2,1-2H3. The number of benzene rings is 2. The highest BCUT2D eigenvalue weighted by molar-refractivity contribution is 6.44. The molecular weight excluding hydrogens is 358 g/mol. The average molecular weight is 379 g/mol. The fourth-order valence-corrected chi connectivity index (χ4v) is 2.91. The van der Waals surface area contributed by atoms with Crippen molar-refractivity contribution in [2.75, 3.05) is 13.6 Å². The molecule has 0 aliphatic carbocycles. The molecule has 3 rings (SSSR count). The first-order chi connectivity index (χ1) is 13.4. The van der Waals surface area contributed by atoms with Crippen LogP contribution in [0.1, 0.15) is 16.7 Å². The van der Waals surface area contributed by atoms with E-state index >= 15 is 0 Å². The predicted octanol–water partition coefficient (Wildman–Crippen LogP) is 1.94. The van der Waals surface area contributed by atoms with Crippen molar-refractivity contribution in [1.82, 2.24) is 14.7 Å². The summed E-state index contributed by atoms with van der Waals surface area (Å²) in [6, 6.07) is 15.8. The van der Waals surface area contributed by atoms with Crippen LogP contribution in [0.15, 0.2) is 54.6 Å². The van der Waals surface area contributed by atoms with E-state index < -0.39 is 30.3 Å². The van der Waals surface area contributed by atoms with Gasteiger partial charge in [0.15, 0.2) is 0 Å². The Labute approximate surface area is 163 Å². The fourth-order valence-electron chi connectivity index (χ4n) is 2.91. The van der Waals surface area contributed by atoms with E-state index in [0.717, 1.165) is 21.6 Å². The summed E-state index contributed by atoms with van der Waals surface area (Å²) in [7, 11) is 1.59. The quantitative estimate of drug-likeness (QED) is 0.568. The van der Waals surface area contributed by atoms with Crippen molar-refractivity contribution in [3.63, 3.8) is 0 Å². The second kappa shape index (κ2) is 8.04. The number of hydrogen-bond acceptors (Lipinski definition) is 4. The van der Waals surface area contributed by atoms with Gasteiger partial charge in [0.25, 0.3) is 0 Å². The van der Waals surface area contributed by atoms with Gasteiger partial charge in [0.1, 0.15) is 6.54 Å². The van der Waals surface area contributed by atoms with Gasteiger partial charge in [-0.1, -0.05) is 60.2 Å². The lowest BCUT2D eigenvalue weighted by Gasteiger charge is -2.20. The molecule has 7 nitrogen and oxygen atoms in total. The molecule has 1 aliphatic rings. The lowest BCUT2D eigenvalue weighted by Crippen LogP contribution is -2.41. The molecule has 0 radical (unpaired) electrons. The molecule has 7 heteroatoms. The first-order valence-electron chi connectivity index (χ1n) is 8.87. The van der Waals surface area contributed by atoms with Crippen LogP contribution >= 0.6 is 0 Å². The van der Waals surface area contributed by atoms with Crippen LogP contribution in [0.5, 0.6) is 0 Å². The van der Waals surface area contributed by atoms with E-state index in [1.54, 1.807) is 31.3 Å². The van der Waals surface area contributed by atoms with Crippen molar-refractivity contribution >= 4 is 23.8 Å². The Morgan fingerprint density at radius 2 is 1.46 bits per heavy atom. The fraction of sp³-hybridized carbons (Fsp3) is 0.238. The SMILES string of the molecule is Cc1ccc(CN(C)C(=O)CN2C(=O)C(=O)N(Cc3ccccc3)C2=O)cc1. The Morgan fingerprint density at radius 1 is 0.857 bits per heavy atom. The Morgan fingerprint density at radius 3 is 2.11 bits per heavy atom. The molecule has 1 saturated heterocycles. The van der Waals surface area contributed by atoms with Crippen LogP contribution in [0, 0.1) is 6.92 Å². The van der Waals surface area contributed by atoms with E-state index in [1.165, 1.54) is 4.90 Å². The van der Waals surface area contributed by atoms with Gasteiger partial charge in [-0.3, -0.25) is 19.3 Å². The zero-order valence-corrected chi connectivity index (χ0v) is 15.8. The maximum atomic E-state index is 12.5. The van der Waals surface area contributed by atoms with Gasteiger partial charge in [0, 0.05) is 13.6 Å². The highest BCUT2D eigenvalue weighted by atomic mass is 16.2. The number of likely N-dealkylation sites (N-methyl/N-ethyl adjacent to an activating group) is 1. The van der Waals surface area contributed by atoms with Gasteiger partial charge in [-0.25, -0.2) is 9.69 Å². The first-order valence-corrected chi connectivity index (χ1v) is 8.87. The Bertz CT molecular complexity index is 909. The maximum absolute atomic E-state index is 12.5. The molecule has 1 heterocycles. The van der Waals surface area contributed by atoms with Crippen LogP contribution in [0.3, 0.4) is 0 Å². The number of carbonyl (C=O) groups is 4. The average Bonchev–Trinajstić information content (AvgIpc) is 2.88. The largest absolute Gasteiger partial charge is 0.340 e. The molecule has 5 amide bonds. The topological polar surface area (TPSA) is 78.0 Å². The number of urea groups is 1. The third kappa shape index (κ3) is 4.09. The number of carbonyl (C=O) groups excluding carboxylic acids is 4. The predicted molar refractivity (Wildman–Crippen MR) is 102 cm³/mol. The monoisotopic (exact) mass is 379 g/mol. The van der Waals surface area contributed by atoms with Crippen molar-refractivity contribution in [3.05, 3.63) is 71.3 Å².